The number of thiol groups is 1. The normalized spacial score (nSPS) is 15.3. The molecule has 0 aromatic heterocycles. The summed E-state index contributed by atoms with van der Waals surface area (Å²) in [7, 11) is 0. The molecular weight excluding hydrogens is 154 g/mol. The molecule has 2 heteroatoms. The van der Waals surface area contributed by atoms with E-state index in [1.54, 1.807) is 0 Å². The molecule has 0 spiro atoms. The maximum atomic E-state index is 6.05. The Kier molecular flexibility index (Phi) is 2.74. The second-order valence-electron chi connectivity index (χ2n) is 4.91. The van der Waals surface area contributed by atoms with Crippen molar-refractivity contribution >= 4 is 12.6 Å². The molecule has 0 aromatic carbocycles. The molecule has 0 heterocycles. The van der Waals surface area contributed by atoms with Gasteiger partial charge in [-0.15, -0.1) is 0 Å². The summed E-state index contributed by atoms with van der Waals surface area (Å²) < 4.78 is -0.0503. The number of nitrogens with two attached hydrogens (primary N) is 1. The summed E-state index contributed by atoms with van der Waals surface area (Å²) in [4.78, 5) is 0. The molecule has 1 nitrogen and oxygen atoms in total. The lowest BCUT2D eigenvalue weighted by molar-refractivity contribution is 0.155. The topological polar surface area (TPSA) is 26.0 Å². The van der Waals surface area contributed by atoms with E-state index in [-0.39, 0.29) is 15.7 Å². The van der Waals surface area contributed by atoms with Gasteiger partial charge in [-0.1, -0.05) is 27.7 Å². The van der Waals surface area contributed by atoms with Gasteiger partial charge in [-0.05, 0) is 19.3 Å². The second-order valence-corrected chi connectivity index (χ2v) is 6.02. The molecule has 68 valence electrons. The Morgan fingerprint density at radius 1 is 0.909 bits per heavy atom. The number of hydrogen-bond donors (Lipinski definition) is 2. The first-order valence-electron chi connectivity index (χ1n) is 4.01. The summed E-state index contributed by atoms with van der Waals surface area (Å²) in [5.74, 6) is 0. The lowest BCUT2D eigenvalue weighted by Gasteiger charge is -2.47. The number of rotatable bonds is 2. The molecule has 0 bridgehead atoms. The van der Waals surface area contributed by atoms with E-state index in [4.69, 9.17) is 5.73 Å². The van der Waals surface area contributed by atoms with Crippen LogP contribution in [-0.4, -0.2) is 10.3 Å². The van der Waals surface area contributed by atoms with Gasteiger partial charge in [0.25, 0.3) is 0 Å². The monoisotopic (exact) mass is 175 g/mol. The van der Waals surface area contributed by atoms with E-state index in [9.17, 15) is 0 Å². The summed E-state index contributed by atoms with van der Waals surface area (Å²) in [6.07, 6.45) is 0. The summed E-state index contributed by atoms with van der Waals surface area (Å²) in [6.45, 7) is 12.6. The van der Waals surface area contributed by atoms with Crippen molar-refractivity contribution in [1.82, 2.24) is 0 Å². The van der Waals surface area contributed by atoms with Crippen molar-refractivity contribution in [3.8, 4) is 0 Å². The highest BCUT2D eigenvalue weighted by atomic mass is 32.1. The predicted octanol–water partition coefficient (Wildman–Crippen LogP) is 2.46. The summed E-state index contributed by atoms with van der Waals surface area (Å²) in [6, 6.07) is 0. The Morgan fingerprint density at radius 3 is 1.18 bits per heavy atom. The molecule has 11 heavy (non-hydrogen) atoms. The van der Waals surface area contributed by atoms with Crippen LogP contribution in [0, 0.1) is 5.41 Å². The van der Waals surface area contributed by atoms with Crippen molar-refractivity contribution in [3.05, 3.63) is 0 Å². The van der Waals surface area contributed by atoms with Crippen molar-refractivity contribution in [2.24, 2.45) is 11.1 Å². The van der Waals surface area contributed by atoms with E-state index in [2.05, 4.69) is 40.3 Å². The molecule has 2 N–H and O–H groups in total. The summed E-state index contributed by atoms with van der Waals surface area (Å²) in [5.41, 5.74) is 5.87. The third kappa shape index (κ3) is 2.12. The predicted molar refractivity (Wildman–Crippen MR) is 55.1 cm³/mol. The molecule has 0 aliphatic rings. The minimum atomic E-state index is -0.196. The zero-order chi connectivity index (χ0) is 9.50. The highest BCUT2D eigenvalue weighted by Gasteiger charge is 2.43. The fourth-order valence-corrected chi connectivity index (χ4v) is 1.08. The second kappa shape index (κ2) is 2.67. The van der Waals surface area contributed by atoms with E-state index >= 15 is 0 Å². The van der Waals surface area contributed by atoms with Crippen LogP contribution in [0.3, 0.4) is 0 Å². The molecule has 0 fully saturated rings. The van der Waals surface area contributed by atoms with Crippen LogP contribution < -0.4 is 5.73 Å². The molecule has 0 aliphatic carbocycles. The van der Waals surface area contributed by atoms with Crippen molar-refractivity contribution < 1.29 is 0 Å². The quantitative estimate of drug-likeness (QED) is 0.620. The van der Waals surface area contributed by atoms with Crippen molar-refractivity contribution in [2.75, 3.05) is 0 Å². The fourth-order valence-electron chi connectivity index (χ4n) is 0.788. The molecule has 0 atom stereocenters. The van der Waals surface area contributed by atoms with Crippen LogP contribution in [0.2, 0.25) is 0 Å². The Labute approximate surface area is 76.2 Å². The van der Waals surface area contributed by atoms with Gasteiger partial charge in [-0.2, -0.15) is 12.6 Å². The van der Waals surface area contributed by atoms with Gasteiger partial charge in [0.05, 0.1) is 0 Å². The fraction of sp³-hybridized carbons (Fsp3) is 1.00. The minimum Gasteiger partial charge on any atom is -0.325 e. The van der Waals surface area contributed by atoms with Crippen LogP contribution in [0.15, 0.2) is 0 Å². The van der Waals surface area contributed by atoms with Crippen LogP contribution in [-0.2, 0) is 0 Å². The van der Waals surface area contributed by atoms with Gasteiger partial charge in [0, 0.05) is 10.3 Å². The zero-order valence-electron chi connectivity index (χ0n) is 8.52. The van der Waals surface area contributed by atoms with Crippen LogP contribution in [0.1, 0.15) is 41.5 Å². The average molecular weight is 175 g/mol. The van der Waals surface area contributed by atoms with Crippen LogP contribution >= 0.6 is 12.6 Å². The Morgan fingerprint density at radius 2 is 1.18 bits per heavy atom. The molecule has 0 aromatic rings. The zero-order valence-corrected chi connectivity index (χ0v) is 9.42. The van der Waals surface area contributed by atoms with Gasteiger partial charge in [0.1, 0.15) is 0 Å². The summed E-state index contributed by atoms with van der Waals surface area (Å²) in [5, 5.41) is 0. The Hall–Kier alpha value is 0.310. The van der Waals surface area contributed by atoms with Gasteiger partial charge in [0.15, 0.2) is 0 Å². The first-order valence-corrected chi connectivity index (χ1v) is 4.46. The maximum Gasteiger partial charge on any atom is 0.0161 e. The van der Waals surface area contributed by atoms with E-state index in [0.717, 1.165) is 0 Å². The highest BCUT2D eigenvalue weighted by Crippen LogP contribution is 2.42. The van der Waals surface area contributed by atoms with E-state index < -0.39 is 0 Å². The van der Waals surface area contributed by atoms with Gasteiger partial charge in [-0.25, -0.2) is 0 Å². The Balaban J connectivity index is 4.75. The van der Waals surface area contributed by atoms with Crippen LogP contribution in [0.25, 0.3) is 0 Å². The smallest absolute Gasteiger partial charge is 0.0161 e. The molecule has 0 amide bonds. The molecular formula is C9H21NS. The maximum absolute atomic E-state index is 6.05. The average Bonchev–Trinajstić information content (AvgIpc) is 1.58. The first kappa shape index (κ1) is 11.3. The Bertz CT molecular complexity index is 121. The summed E-state index contributed by atoms with van der Waals surface area (Å²) >= 11 is 4.55. The van der Waals surface area contributed by atoms with E-state index in [1.807, 2.05) is 13.8 Å². The largest absolute Gasteiger partial charge is 0.325 e. The standard InChI is InChI=1S/C9H21NS/c1-7(2,8(3,4)10)9(5,6)11/h11H,10H2,1-6H3. The van der Waals surface area contributed by atoms with E-state index in [0.29, 0.717) is 0 Å². The third-order valence-corrected chi connectivity index (χ3v) is 3.70. The van der Waals surface area contributed by atoms with Gasteiger partial charge < -0.3 is 5.73 Å². The molecule has 0 saturated carbocycles. The van der Waals surface area contributed by atoms with Crippen LogP contribution in [0.5, 0.6) is 0 Å². The molecule has 0 aliphatic heterocycles. The lowest BCUT2D eigenvalue weighted by atomic mass is 9.67. The van der Waals surface area contributed by atoms with Gasteiger partial charge >= 0.3 is 0 Å². The molecule has 0 radical (unpaired) electrons. The molecule has 0 unspecified atom stereocenters. The van der Waals surface area contributed by atoms with Crippen molar-refractivity contribution in [1.29, 1.82) is 0 Å². The van der Waals surface area contributed by atoms with Crippen molar-refractivity contribution in [2.45, 2.75) is 51.8 Å². The first-order chi connectivity index (χ1) is 4.50. The van der Waals surface area contributed by atoms with Gasteiger partial charge in [0.2, 0.25) is 0 Å². The molecule has 0 rings (SSSR count). The van der Waals surface area contributed by atoms with E-state index in [1.165, 1.54) is 0 Å². The number of hydrogen-bond acceptors (Lipinski definition) is 2. The van der Waals surface area contributed by atoms with Crippen molar-refractivity contribution in [3.63, 3.8) is 0 Å². The van der Waals surface area contributed by atoms with Crippen LogP contribution in [0.4, 0.5) is 0 Å². The molecule has 0 saturated heterocycles. The highest BCUT2D eigenvalue weighted by molar-refractivity contribution is 7.81. The third-order valence-electron chi connectivity index (χ3n) is 3.14. The lowest BCUT2D eigenvalue weighted by Crippen LogP contribution is -2.55. The SMILES string of the molecule is CC(C)(N)C(C)(C)C(C)(C)S. The minimum absolute atomic E-state index is 0.0170. The van der Waals surface area contributed by atoms with Gasteiger partial charge in [-0.3, -0.25) is 0 Å².